The number of hydrogen-bond donors (Lipinski definition) is 1. The summed E-state index contributed by atoms with van der Waals surface area (Å²) in [5, 5.41) is 7.73. The summed E-state index contributed by atoms with van der Waals surface area (Å²) in [7, 11) is 1.66. The number of rotatable bonds is 4. The molecular weight excluding hydrogens is 186 g/mol. The highest BCUT2D eigenvalue weighted by molar-refractivity contribution is 5.85. The van der Waals surface area contributed by atoms with Gasteiger partial charge in [0.05, 0.1) is 0 Å². The third-order valence-corrected chi connectivity index (χ3v) is 2.69. The van der Waals surface area contributed by atoms with Crippen LogP contribution >= 0.6 is 0 Å². The van der Waals surface area contributed by atoms with Crippen molar-refractivity contribution in [3.8, 4) is 0 Å². The highest BCUT2D eigenvalue weighted by atomic mass is 16.5. The van der Waals surface area contributed by atoms with Crippen molar-refractivity contribution in [1.82, 2.24) is 0 Å². The average molecular weight is 205 g/mol. The van der Waals surface area contributed by atoms with Crippen molar-refractivity contribution < 1.29 is 4.74 Å². The van der Waals surface area contributed by atoms with E-state index in [2.05, 4.69) is 32.0 Å². The van der Waals surface area contributed by atoms with Crippen LogP contribution in [-0.4, -0.2) is 12.8 Å². The maximum atomic E-state index is 7.73. The topological polar surface area (TPSA) is 33.1 Å². The van der Waals surface area contributed by atoms with Crippen LogP contribution in [0.5, 0.6) is 0 Å². The molecule has 0 aliphatic rings. The van der Waals surface area contributed by atoms with Crippen LogP contribution in [-0.2, 0) is 11.2 Å². The van der Waals surface area contributed by atoms with Crippen molar-refractivity contribution in [2.75, 3.05) is 7.11 Å². The summed E-state index contributed by atoms with van der Waals surface area (Å²) in [6, 6.07) is 6.24. The highest BCUT2D eigenvalue weighted by Gasteiger charge is 2.17. The number of hydrogen-bond acceptors (Lipinski definition) is 2. The lowest BCUT2D eigenvalue weighted by Crippen LogP contribution is -2.14. The van der Waals surface area contributed by atoms with Gasteiger partial charge in [0.2, 0.25) is 0 Å². The molecule has 82 valence electrons. The van der Waals surface area contributed by atoms with Crippen LogP contribution in [0.2, 0.25) is 0 Å². The molecule has 0 spiro atoms. The predicted molar refractivity (Wildman–Crippen MR) is 63.7 cm³/mol. The quantitative estimate of drug-likeness (QED) is 0.752. The molecule has 0 saturated carbocycles. The van der Waals surface area contributed by atoms with E-state index >= 15 is 0 Å². The van der Waals surface area contributed by atoms with E-state index in [0.29, 0.717) is 5.71 Å². The van der Waals surface area contributed by atoms with Gasteiger partial charge in [-0.25, -0.2) is 0 Å². The SMILES string of the molecule is CCc1cccc(C)c1C(OC)C(C)=N. The molecule has 0 heterocycles. The van der Waals surface area contributed by atoms with Gasteiger partial charge in [0, 0.05) is 12.8 Å². The molecule has 0 amide bonds. The van der Waals surface area contributed by atoms with Gasteiger partial charge in [-0.15, -0.1) is 0 Å². The summed E-state index contributed by atoms with van der Waals surface area (Å²) in [4.78, 5) is 0. The lowest BCUT2D eigenvalue weighted by molar-refractivity contribution is 0.155. The molecule has 0 bridgehead atoms. The van der Waals surface area contributed by atoms with E-state index in [1.807, 2.05) is 0 Å². The molecule has 0 aliphatic carbocycles. The van der Waals surface area contributed by atoms with Crippen molar-refractivity contribution in [3.05, 3.63) is 34.9 Å². The summed E-state index contributed by atoms with van der Waals surface area (Å²) in [6.45, 7) is 5.99. The van der Waals surface area contributed by atoms with E-state index in [0.717, 1.165) is 12.0 Å². The average Bonchev–Trinajstić information content (AvgIpc) is 2.21. The molecule has 0 radical (unpaired) electrons. The first-order valence-electron chi connectivity index (χ1n) is 5.28. The third-order valence-electron chi connectivity index (χ3n) is 2.69. The Bertz CT molecular complexity index is 358. The molecule has 0 fully saturated rings. The Labute approximate surface area is 91.8 Å². The molecule has 1 aromatic rings. The first kappa shape index (κ1) is 11.9. The van der Waals surface area contributed by atoms with E-state index in [1.165, 1.54) is 11.1 Å². The molecule has 0 aliphatic heterocycles. The van der Waals surface area contributed by atoms with E-state index in [1.54, 1.807) is 14.0 Å². The summed E-state index contributed by atoms with van der Waals surface area (Å²) < 4.78 is 5.40. The number of nitrogens with one attached hydrogen (secondary N) is 1. The zero-order chi connectivity index (χ0) is 11.4. The Kier molecular flexibility index (Phi) is 4.04. The van der Waals surface area contributed by atoms with E-state index in [9.17, 15) is 0 Å². The first-order chi connectivity index (χ1) is 7.11. The number of ether oxygens (including phenoxy) is 1. The Balaban J connectivity index is 3.26. The number of benzene rings is 1. The van der Waals surface area contributed by atoms with Crippen molar-refractivity contribution in [2.24, 2.45) is 0 Å². The minimum atomic E-state index is -0.193. The lowest BCUT2D eigenvalue weighted by Gasteiger charge is -2.20. The monoisotopic (exact) mass is 205 g/mol. The normalized spacial score (nSPS) is 12.5. The fourth-order valence-electron chi connectivity index (χ4n) is 1.94. The second-order valence-corrected chi connectivity index (χ2v) is 3.80. The molecule has 1 unspecified atom stereocenters. The van der Waals surface area contributed by atoms with E-state index in [4.69, 9.17) is 10.1 Å². The van der Waals surface area contributed by atoms with Crippen LogP contribution in [0.15, 0.2) is 18.2 Å². The van der Waals surface area contributed by atoms with Crippen LogP contribution < -0.4 is 0 Å². The minimum Gasteiger partial charge on any atom is -0.371 e. The van der Waals surface area contributed by atoms with Gasteiger partial charge in [-0.1, -0.05) is 25.1 Å². The van der Waals surface area contributed by atoms with Gasteiger partial charge in [-0.3, -0.25) is 0 Å². The summed E-state index contributed by atoms with van der Waals surface area (Å²) >= 11 is 0. The van der Waals surface area contributed by atoms with Crippen LogP contribution in [0.1, 0.15) is 36.6 Å². The second kappa shape index (κ2) is 5.08. The molecule has 1 N–H and O–H groups in total. The van der Waals surface area contributed by atoms with Gasteiger partial charge in [-0.2, -0.15) is 0 Å². The van der Waals surface area contributed by atoms with Crippen LogP contribution in [0.25, 0.3) is 0 Å². The van der Waals surface area contributed by atoms with Gasteiger partial charge in [0.1, 0.15) is 6.10 Å². The summed E-state index contributed by atoms with van der Waals surface area (Å²) in [5.41, 5.74) is 4.19. The zero-order valence-corrected chi connectivity index (χ0v) is 9.92. The maximum absolute atomic E-state index is 7.73. The Morgan fingerprint density at radius 3 is 2.60 bits per heavy atom. The highest BCUT2D eigenvalue weighted by Crippen LogP contribution is 2.26. The Morgan fingerprint density at radius 2 is 2.13 bits per heavy atom. The molecule has 0 aromatic heterocycles. The largest absolute Gasteiger partial charge is 0.371 e. The van der Waals surface area contributed by atoms with Gasteiger partial charge >= 0.3 is 0 Å². The first-order valence-corrected chi connectivity index (χ1v) is 5.28. The van der Waals surface area contributed by atoms with Gasteiger partial charge in [0.15, 0.2) is 0 Å². The van der Waals surface area contributed by atoms with Crippen molar-refractivity contribution in [1.29, 1.82) is 5.41 Å². The van der Waals surface area contributed by atoms with Crippen LogP contribution in [0, 0.1) is 12.3 Å². The third kappa shape index (κ3) is 2.45. The van der Waals surface area contributed by atoms with Crippen LogP contribution in [0.4, 0.5) is 0 Å². The van der Waals surface area contributed by atoms with Crippen molar-refractivity contribution >= 4 is 5.71 Å². The molecule has 2 nitrogen and oxygen atoms in total. The molecule has 1 aromatic carbocycles. The maximum Gasteiger partial charge on any atom is 0.120 e. The standard InChI is InChI=1S/C13H19NO/c1-5-11-8-6-7-9(2)12(11)13(15-4)10(3)14/h6-8,13-14H,5H2,1-4H3. The predicted octanol–water partition coefficient (Wildman–Crippen LogP) is 3.28. The lowest BCUT2D eigenvalue weighted by atomic mass is 9.93. The second-order valence-electron chi connectivity index (χ2n) is 3.80. The molecule has 1 atom stereocenters. The number of aryl methyl sites for hydroxylation is 2. The fraction of sp³-hybridized carbons (Fsp3) is 0.462. The zero-order valence-electron chi connectivity index (χ0n) is 9.92. The van der Waals surface area contributed by atoms with Crippen LogP contribution in [0.3, 0.4) is 0 Å². The van der Waals surface area contributed by atoms with Crippen molar-refractivity contribution in [3.63, 3.8) is 0 Å². The smallest absolute Gasteiger partial charge is 0.120 e. The molecule has 1 rings (SSSR count). The molecule has 0 saturated heterocycles. The van der Waals surface area contributed by atoms with E-state index < -0.39 is 0 Å². The Hall–Kier alpha value is -1.15. The van der Waals surface area contributed by atoms with Gasteiger partial charge < -0.3 is 10.1 Å². The van der Waals surface area contributed by atoms with Crippen molar-refractivity contribution in [2.45, 2.75) is 33.3 Å². The van der Waals surface area contributed by atoms with Gasteiger partial charge in [0.25, 0.3) is 0 Å². The molecular formula is C13H19NO. The minimum absolute atomic E-state index is 0.193. The Morgan fingerprint density at radius 1 is 1.47 bits per heavy atom. The summed E-state index contributed by atoms with van der Waals surface area (Å²) in [6.07, 6.45) is 0.783. The fourth-order valence-corrected chi connectivity index (χ4v) is 1.94. The van der Waals surface area contributed by atoms with E-state index in [-0.39, 0.29) is 6.10 Å². The molecule has 2 heteroatoms. The van der Waals surface area contributed by atoms with Gasteiger partial charge in [-0.05, 0) is 37.0 Å². The summed E-state index contributed by atoms with van der Waals surface area (Å²) in [5.74, 6) is 0. The number of methoxy groups -OCH3 is 1. The molecule has 15 heavy (non-hydrogen) atoms.